The molecular formula is C31H43FN4O3S. The van der Waals surface area contributed by atoms with Crippen molar-refractivity contribution in [2.24, 2.45) is 5.92 Å². The predicted molar refractivity (Wildman–Crippen MR) is 163 cm³/mol. The molecule has 9 heteroatoms. The van der Waals surface area contributed by atoms with Crippen LogP contribution in [0.3, 0.4) is 0 Å². The van der Waals surface area contributed by atoms with E-state index in [9.17, 15) is 4.39 Å². The van der Waals surface area contributed by atoms with Gasteiger partial charge in [0.2, 0.25) is 0 Å². The van der Waals surface area contributed by atoms with Gasteiger partial charge in [0.1, 0.15) is 25.1 Å². The number of aryl methyl sites for hydroxylation is 2. The molecule has 0 bridgehead atoms. The van der Waals surface area contributed by atoms with Crippen LogP contribution in [-0.4, -0.2) is 62.8 Å². The van der Waals surface area contributed by atoms with Gasteiger partial charge in [0.05, 0.1) is 7.11 Å². The number of carbonyl (C=O) groups is 2. The zero-order chi connectivity index (χ0) is 29.5. The predicted octanol–water partition coefficient (Wildman–Crippen LogP) is 6.03. The third kappa shape index (κ3) is 8.60. The molecule has 0 amide bonds. The van der Waals surface area contributed by atoms with Gasteiger partial charge in [0.15, 0.2) is 5.13 Å². The van der Waals surface area contributed by atoms with Crippen LogP contribution < -0.4 is 15.4 Å². The monoisotopic (exact) mass is 570 g/mol. The van der Waals surface area contributed by atoms with Crippen LogP contribution in [0.15, 0.2) is 48.0 Å². The standard InChI is InChI=1S/C25H33FN2O.C4H6N2S.2CH2O/c1-4-21-12-18(2)23(26)14-24(21)27-17-25-10-5-11-28(25)16-20(15-25)13-19-6-8-22(29-3)9-7-19;1-5-4-6-2-3-7-4;2*1-2/h6-9,12,14,20,27H,4-5,10-11,13,15-17H2,1-3H3;2-3H,1H3,(H,5,6);2*1H2. The van der Waals surface area contributed by atoms with Crippen molar-refractivity contribution in [3.8, 4) is 5.75 Å². The van der Waals surface area contributed by atoms with E-state index in [1.54, 1.807) is 30.7 Å². The Balaban J connectivity index is 0.000000434. The van der Waals surface area contributed by atoms with E-state index in [0.717, 1.165) is 48.1 Å². The van der Waals surface area contributed by atoms with Crippen LogP contribution in [0.25, 0.3) is 0 Å². The van der Waals surface area contributed by atoms with E-state index < -0.39 is 0 Å². The Labute approximate surface area is 242 Å². The Bertz CT molecular complexity index is 1140. The largest absolute Gasteiger partial charge is 0.497 e. The van der Waals surface area contributed by atoms with Crippen LogP contribution in [0, 0.1) is 18.7 Å². The molecule has 218 valence electrons. The highest BCUT2D eigenvalue weighted by molar-refractivity contribution is 7.13. The number of aromatic nitrogens is 1. The fraction of sp³-hybridized carbons (Fsp3) is 0.452. The number of methoxy groups -OCH3 is 1. The van der Waals surface area contributed by atoms with Gasteiger partial charge in [0, 0.05) is 42.9 Å². The second kappa shape index (κ2) is 16.7. The summed E-state index contributed by atoms with van der Waals surface area (Å²) in [5, 5.41) is 9.46. The van der Waals surface area contributed by atoms with E-state index in [2.05, 4.69) is 51.7 Å². The van der Waals surface area contributed by atoms with E-state index in [-0.39, 0.29) is 11.4 Å². The van der Waals surface area contributed by atoms with Gasteiger partial charge in [-0.1, -0.05) is 25.1 Å². The summed E-state index contributed by atoms with van der Waals surface area (Å²) in [7, 11) is 3.57. The number of benzene rings is 2. The highest BCUT2D eigenvalue weighted by Crippen LogP contribution is 2.43. The highest BCUT2D eigenvalue weighted by Gasteiger charge is 2.47. The van der Waals surface area contributed by atoms with Gasteiger partial charge in [0.25, 0.3) is 0 Å². The van der Waals surface area contributed by atoms with Gasteiger partial charge in [-0.3, -0.25) is 4.90 Å². The summed E-state index contributed by atoms with van der Waals surface area (Å²) in [6, 6.07) is 12.2. The number of nitrogens with zero attached hydrogens (tertiary/aromatic N) is 2. The minimum absolute atomic E-state index is 0.116. The van der Waals surface area contributed by atoms with Crippen molar-refractivity contribution >= 4 is 35.7 Å². The molecule has 2 saturated heterocycles. The first kappa shape index (κ1) is 32.9. The molecule has 40 heavy (non-hydrogen) atoms. The number of halogens is 1. The Kier molecular flexibility index (Phi) is 13.8. The molecule has 3 aromatic rings. The molecule has 2 fully saturated rings. The van der Waals surface area contributed by atoms with Crippen LogP contribution in [0.4, 0.5) is 15.2 Å². The average Bonchev–Trinajstić information content (AvgIpc) is 3.73. The zero-order valence-electron chi connectivity index (χ0n) is 24.2. The lowest BCUT2D eigenvalue weighted by Gasteiger charge is -2.33. The van der Waals surface area contributed by atoms with Crippen LogP contribution in [0.5, 0.6) is 5.75 Å². The van der Waals surface area contributed by atoms with E-state index in [0.29, 0.717) is 5.92 Å². The number of fused-ring (bicyclic) bond motifs is 1. The summed E-state index contributed by atoms with van der Waals surface area (Å²) >= 11 is 1.60. The molecule has 0 saturated carbocycles. The highest BCUT2D eigenvalue weighted by atomic mass is 32.1. The number of thiazole rings is 1. The van der Waals surface area contributed by atoms with Crippen molar-refractivity contribution in [2.75, 3.05) is 44.4 Å². The van der Waals surface area contributed by atoms with E-state index in [4.69, 9.17) is 14.3 Å². The van der Waals surface area contributed by atoms with Gasteiger partial charge in [-0.2, -0.15) is 0 Å². The van der Waals surface area contributed by atoms with Crippen LogP contribution in [0.2, 0.25) is 0 Å². The maximum atomic E-state index is 14.2. The van der Waals surface area contributed by atoms with Crippen molar-refractivity contribution in [3.63, 3.8) is 0 Å². The third-order valence-corrected chi connectivity index (χ3v) is 8.38. The van der Waals surface area contributed by atoms with Gasteiger partial charge >= 0.3 is 0 Å². The summed E-state index contributed by atoms with van der Waals surface area (Å²) in [4.78, 5) is 22.6. The third-order valence-electron chi connectivity index (χ3n) is 7.59. The number of hydrogen-bond donors (Lipinski definition) is 2. The van der Waals surface area contributed by atoms with Gasteiger partial charge in [-0.05, 0) is 86.4 Å². The topological polar surface area (TPSA) is 83.6 Å². The Hall–Kier alpha value is -3.30. The first-order valence-electron chi connectivity index (χ1n) is 13.5. The number of ether oxygens (including phenoxy) is 1. The summed E-state index contributed by atoms with van der Waals surface area (Å²) < 4.78 is 19.4. The fourth-order valence-corrected chi connectivity index (χ4v) is 6.22. The molecule has 2 aliphatic rings. The van der Waals surface area contributed by atoms with Crippen LogP contribution in [0.1, 0.15) is 42.9 Å². The van der Waals surface area contributed by atoms with Crippen molar-refractivity contribution in [3.05, 3.63) is 70.5 Å². The lowest BCUT2D eigenvalue weighted by molar-refractivity contribution is -0.0987. The molecule has 0 radical (unpaired) electrons. The summed E-state index contributed by atoms with van der Waals surface area (Å²) in [5.41, 5.74) is 4.50. The fourth-order valence-electron chi connectivity index (χ4n) is 5.73. The molecular weight excluding hydrogens is 527 g/mol. The number of anilines is 2. The number of carbonyl (C=O) groups excluding carboxylic acids is 2. The maximum absolute atomic E-state index is 14.2. The van der Waals surface area contributed by atoms with Crippen molar-refractivity contribution in [1.29, 1.82) is 0 Å². The van der Waals surface area contributed by atoms with Gasteiger partial charge < -0.3 is 25.0 Å². The van der Waals surface area contributed by atoms with Crippen molar-refractivity contribution in [2.45, 2.75) is 51.5 Å². The normalized spacial score (nSPS) is 19.1. The van der Waals surface area contributed by atoms with E-state index >= 15 is 0 Å². The lowest BCUT2D eigenvalue weighted by Crippen LogP contribution is -2.44. The van der Waals surface area contributed by atoms with Crippen LogP contribution in [-0.2, 0) is 22.4 Å². The molecule has 2 aliphatic heterocycles. The lowest BCUT2D eigenvalue weighted by atomic mass is 9.87. The Morgan fingerprint density at radius 2 is 1.93 bits per heavy atom. The smallest absolute Gasteiger partial charge is 0.182 e. The van der Waals surface area contributed by atoms with Crippen molar-refractivity contribution < 1.29 is 18.7 Å². The summed E-state index contributed by atoms with van der Waals surface area (Å²) in [6.45, 7) is 11.2. The number of rotatable bonds is 8. The quantitative estimate of drug-likeness (QED) is 0.342. The van der Waals surface area contributed by atoms with Crippen molar-refractivity contribution in [1.82, 2.24) is 9.88 Å². The molecule has 1 aromatic heterocycles. The first-order chi connectivity index (χ1) is 19.5. The maximum Gasteiger partial charge on any atom is 0.182 e. The summed E-state index contributed by atoms with van der Waals surface area (Å²) in [6.07, 6.45) is 7.51. The van der Waals surface area contributed by atoms with Gasteiger partial charge in [-0.25, -0.2) is 9.37 Å². The second-order valence-corrected chi connectivity index (χ2v) is 10.8. The SMILES string of the molecule is C=O.C=O.CCc1cc(C)c(F)cc1NCC12CCCN1CC(Cc1ccc(OC)cc1)C2.CNc1nccs1. The molecule has 3 heterocycles. The molecule has 2 N–H and O–H groups in total. The Morgan fingerprint density at radius 3 is 2.50 bits per heavy atom. The molecule has 7 nitrogen and oxygen atoms in total. The average molecular weight is 571 g/mol. The summed E-state index contributed by atoms with van der Waals surface area (Å²) in [5.74, 6) is 1.47. The molecule has 5 rings (SSSR count). The molecule has 2 atom stereocenters. The van der Waals surface area contributed by atoms with E-state index in [1.165, 1.54) is 36.9 Å². The molecule has 2 unspecified atom stereocenters. The Morgan fingerprint density at radius 1 is 1.20 bits per heavy atom. The van der Waals surface area contributed by atoms with Crippen LogP contribution >= 0.6 is 11.3 Å². The number of hydrogen-bond acceptors (Lipinski definition) is 8. The molecule has 0 aliphatic carbocycles. The minimum Gasteiger partial charge on any atom is -0.497 e. The number of nitrogens with one attached hydrogen (secondary N) is 2. The first-order valence-corrected chi connectivity index (χ1v) is 14.4. The van der Waals surface area contributed by atoms with Gasteiger partial charge in [-0.15, -0.1) is 11.3 Å². The molecule has 0 spiro atoms. The minimum atomic E-state index is -0.116. The molecule has 2 aromatic carbocycles. The second-order valence-electron chi connectivity index (χ2n) is 9.95. The van der Waals surface area contributed by atoms with E-state index in [1.807, 2.05) is 39.0 Å². The zero-order valence-corrected chi connectivity index (χ0v) is 25.0.